The van der Waals surface area contributed by atoms with E-state index in [9.17, 15) is 13.2 Å². The highest BCUT2D eigenvalue weighted by Crippen LogP contribution is 2.38. The van der Waals surface area contributed by atoms with Gasteiger partial charge in [-0.3, -0.25) is 0 Å². The summed E-state index contributed by atoms with van der Waals surface area (Å²) in [5.74, 6) is -0.318. The molecule has 0 amide bonds. The van der Waals surface area contributed by atoms with Crippen LogP contribution >= 0.6 is 12.2 Å². The Bertz CT molecular complexity index is 402. The molecule has 0 radical (unpaired) electrons. The first-order valence-corrected chi connectivity index (χ1v) is 4.65. The van der Waals surface area contributed by atoms with Crippen molar-refractivity contribution in [3.05, 3.63) is 29.3 Å². The molecular formula is C10H9F3O2S. The molecule has 0 aromatic heterocycles. The summed E-state index contributed by atoms with van der Waals surface area (Å²) < 4.78 is 47.3. The highest BCUT2D eigenvalue weighted by atomic mass is 32.1. The number of hydrogen-bond donors (Lipinski definition) is 0. The number of benzene rings is 1. The van der Waals surface area contributed by atoms with Crippen LogP contribution in [0.5, 0.6) is 5.75 Å². The lowest BCUT2D eigenvalue weighted by Gasteiger charge is -2.15. The molecule has 0 aliphatic carbocycles. The largest absolute Gasteiger partial charge is 0.495 e. The number of alkyl halides is 3. The zero-order valence-corrected chi connectivity index (χ0v) is 9.41. The maximum absolute atomic E-state index is 12.6. The summed E-state index contributed by atoms with van der Waals surface area (Å²) in [6, 6.07) is 3.60. The Morgan fingerprint density at radius 3 is 2.31 bits per heavy atom. The molecule has 0 fully saturated rings. The number of para-hydroxylation sites is 1. The Morgan fingerprint density at radius 1 is 1.25 bits per heavy atom. The van der Waals surface area contributed by atoms with Gasteiger partial charge < -0.3 is 9.47 Å². The van der Waals surface area contributed by atoms with Crippen LogP contribution in [-0.2, 0) is 10.9 Å². The lowest BCUT2D eigenvalue weighted by Crippen LogP contribution is -2.11. The molecule has 0 spiro atoms. The molecule has 0 heterocycles. The van der Waals surface area contributed by atoms with E-state index in [4.69, 9.17) is 21.7 Å². The quantitative estimate of drug-likeness (QED) is 0.752. The Hall–Kier alpha value is -1.30. The van der Waals surface area contributed by atoms with Gasteiger partial charge in [0, 0.05) is 0 Å². The van der Waals surface area contributed by atoms with Crippen molar-refractivity contribution in [2.75, 3.05) is 14.2 Å². The number of hydrogen-bond acceptors (Lipinski definition) is 3. The lowest BCUT2D eigenvalue weighted by atomic mass is 10.1. The van der Waals surface area contributed by atoms with Crippen molar-refractivity contribution in [3.63, 3.8) is 0 Å². The molecule has 88 valence electrons. The zero-order valence-electron chi connectivity index (χ0n) is 8.59. The van der Waals surface area contributed by atoms with Crippen molar-refractivity contribution in [2.45, 2.75) is 6.18 Å². The number of ether oxygens (including phenoxy) is 2. The van der Waals surface area contributed by atoms with Crippen LogP contribution in [0.15, 0.2) is 18.2 Å². The minimum atomic E-state index is -4.48. The predicted octanol–water partition coefficient (Wildman–Crippen LogP) is 3.04. The maximum Gasteiger partial charge on any atom is 0.419 e. The summed E-state index contributed by atoms with van der Waals surface area (Å²) in [5, 5.41) is -0.0389. The van der Waals surface area contributed by atoms with Crippen molar-refractivity contribution in [3.8, 4) is 5.75 Å². The SMILES string of the molecule is COC(=S)c1cccc(C(F)(F)F)c1OC. The van der Waals surface area contributed by atoms with E-state index < -0.39 is 11.7 Å². The maximum atomic E-state index is 12.6. The second-order valence-corrected chi connectivity index (χ2v) is 3.25. The van der Waals surface area contributed by atoms with Crippen LogP contribution in [-0.4, -0.2) is 19.3 Å². The van der Waals surface area contributed by atoms with E-state index in [2.05, 4.69) is 0 Å². The van der Waals surface area contributed by atoms with Gasteiger partial charge in [0.25, 0.3) is 0 Å². The van der Waals surface area contributed by atoms with Gasteiger partial charge in [-0.25, -0.2) is 0 Å². The number of rotatable bonds is 2. The van der Waals surface area contributed by atoms with Gasteiger partial charge in [-0.1, -0.05) is 6.07 Å². The van der Waals surface area contributed by atoms with E-state index in [0.717, 1.165) is 13.2 Å². The van der Waals surface area contributed by atoms with Crippen LogP contribution in [0, 0.1) is 0 Å². The minimum absolute atomic E-state index is 0.0389. The van der Waals surface area contributed by atoms with Crippen molar-refractivity contribution >= 4 is 17.3 Å². The molecule has 6 heteroatoms. The monoisotopic (exact) mass is 250 g/mol. The molecule has 0 bridgehead atoms. The first kappa shape index (κ1) is 12.8. The highest BCUT2D eigenvalue weighted by Gasteiger charge is 2.35. The summed E-state index contributed by atoms with van der Waals surface area (Å²) in [6.07, 6.45) is -4.48. The second-order valence-electron chi connectivity index (χ2n) is 2.88. The van der Waals surface area contributed by atoms with Gasteiger partial charge in [0.15, 0.2) is 5.05 Å². The summed E-state index contributed by atoms with van der Waals surface area (Å²) in [4.78, 5) is 0. The average molecular weight is 250 g/mol. The van der Waals surface area contributed by atoms with Gasteiger partial charge in [0.2, 0.25) is 0 Å². The standard InChI is InChI=1S/C10H9F3O2S/c1-14-8-6(9(16)15-2)4-3-5-7(8)10(11,12)13/h3-5H,1-2H3. The van der Waals surface area contributed by atoms with E-state index in [0.29, 0.717) is 0 Å². The molecule has 2 nitrogen and oxygen atoms in total. The van der Waals surface area contributed by atoms with Gasteiger partial charge >= 0.3 is 6.18 Å². The Labute approximate surface area is 96.0 Å². The summed E-state index contributed by atoms with van der Waals surface area (Å²) in [7, 11) is 2.45. The molecule has 0 saturated carbocycles. The molecule has 1 rings (SSSR count). The van der Waals surface area contributed by atoms with E-state index in [1.54, 1.807) is 0 Å². The Kier molecular flexibility index (Phi) is 3.74. The molecule has 0 saturated heterocycles. The van der Waals surface area contributed by atoms with Crippen molar-refractivity contribution in [2.24, 2.45) is 0 Å². The van der Waals surface area contributed by atoms with E-state index in [-0.39, 0.29) is 16.4 Å². The van der Waals surface area contributed by atoms with E-state index in [1.807, 2.05) is 0 Å². The van der Waals surface area contributed by atoms with Gasteiger partial charge in [0.05, 0.1) is 25.3 Å². The molecular weight excluding hydrogens is 241 g/mol. The fourth-order valence-electron chi connectivity index (χ4n) is 1.25. The third kappa shape index (κ3) is 2.44. The van der Waals surface area contributed by atoms with E-state index >= 15 is 0 Å². The molecule has 0 atom stereocenters. The van der Waals surface area contributed by atoms with E-state index in [1.165, 1.54) is 19.2 Å². The van der Waals surface area contributed by atoms with Crippen molar-refractivity contribution in [1.82, 2.24) is 0 Å². The average Bonchev–Trinajstić information content (AvgIpc) is 2.25. The topological polar surface area (TPSA) is 18.5 Å². The Balaban J connectivity index is 3.38. The smallest absolute Gasteiger partial charge is 0.419 e. The van der Waals surface area contributed by atoms with Crippen LogP contribution in [0.2, 0.25) is 0 Å². The highest BCUT2D eigenvalue weighted by molar-refractivity contribution is 7.80. The van der Waals surface area contributed by atoms with Crippen molar-refractivity contribution < 1.29 is 22.6 Å². The Morgan fingerprint density at radius 2 is 1.88 bits per heavy atom. The van der Waals surface area contributed by atoms with Gasteiger partial charge in [-0.15, -0.1) is 0 Å². The molecule has 0 aliphatic rings. The lowest BCUT2D eigenvalue weighted by molar-refractivity contribution is -0.138. The van der Waals surface area contributed by atoms with Gasteiger partial charge in [0.1, 0.15) is 5.75 Å². The fourth-order valence-corrected chi connectivity index (χ4v) is 1.41. The molecule has 0 unspecified atom stereocenters. The third-order valence-electron chi connectivity index (χ3n) is 1.93. The zero-order chi connectivity index (χ0) is 12.3. The van der Waals surface area contributed by atoms with Crippen LogP contribution in [0.25, 0.3) is 0 Å². The molecule has 16 heavy (non-hydrogen) atoms. The molecule has 0 aliphatic heterocycles. The van der Waals surface area contributed by atoms with Crippen molar-refractivity contribution in [1.29, 1.82) is 0 Å². The minimum Gasteiger partial charge on any atom is -0.495 e. The molecule has 1 aromatic rings. The number of halogens is 3. The number of methoxy groups -OCH3 is 2. The van der Waals surface area contributed by atoms with Crippen LogP contribution in [0.4, 0.5) is 13.2 Å². The van der Waals surface area contributed by atoms with Crippen LogP contribution in [0.1, 0.15) is 11.1 Å². The molecule has 1 aromatic carbocycles. The fraction of sp³-hybridized carbons (Fsp3) is 0.300. The van der Waals surface area contributed by atoms with Gasteiger partial charge in [-0.05, 0) is 24.4 Å². The first-order chi connectivity index (χ1) is 7.41. The second kappa shape index (κ2) is 4.69. The summed E-state index contributed by atoms with van der Waals surface area (Å²) in [5.41, 5.74) is -0.748. The van der Waals surface area contributed by atoms with Gasteiger partial charge in [-0.2, -0.15) is 13.2 Å². The summed E-state index contributed by atoms with van der Waals surface area (Å²) in [6.45, 7) is 0. The summed E-state index contributed by atoms with van der Waals surface area (Å²) >= 11 is 4.79. The third-order valence-corrected chi connectivity index (χ3v) is 2.32. The molecule has 0 N–H and O–H groups in total. The van der Waals surface area contributed by atoms with Crippen LogP contribution in [0.3, 0.4) is 0 Å². The predicted molar refractivity (Wildman–Crippen MR) is 56.7 cm³/mol. The normalized spacial score (nSPS) is 11.1. The van der Waals surface area contributed by atoms with Crippen LogP contribution < -0.4 is 4.74 Å². The first-order valence-electron chi connectivity index (χ1n) is 4.24. The number of thiocarbonyl (C=S) groups is 1.